The van der Waals surface area contributed by atoms with E-state index in [9.17, 15) is 14.4 Å². The van der Waals surface area contributed by atoms with E-state index in [-0.39, 0.29) is 30.9 Å². The van der Waals surface area contributed by atoms with Gasteiger partial charge in [-0.2, -0.15) is 0 Å². The van der Waals surface area contributed by atoms with Crippen LogP contribution in [-0.4, -0.2) is 48.8 Å². The van der Waals surface area contributed by atoms with Crippen molar-refractivity contribution in [1.29, 1.82) is 0 Å². The summed E-state index contributed by atoms with van der Waals surface area (Å²) in [6, 6.07) is 12.5. The smallest absolute Gasteiger partial charge is 0.293 e. The van der Waals surface area contributed by atoms with Gasteiger partial charge in [0.15, 0.2) is 18.1 Å². The van der Waals surface area contributed by atoms with Crippen LogP contribution in [0.5, 0.6) is 17.2 Å². The van der Waals surface area contributed by atoms with Gasteiger partial charge in [0.05, 0.1) is 18.6 Å². The molecule has 0 aliphatic carbocycles. The number of nitrogens with two attached hydrogens (primary N) is 1. The molecule has 0 radical (unpaired) electrons. The monoisotopic (exact) mass is 442 g/mol. The minimum absolute atomic E-state index is 0.152. The van der Waals surface area contributed by atoms with E-state index in [1.807, 2.05) is 31.2 Å². The third kappa shape index (κ3) is 5.79. The Balaban J connectivity index is 1.66. The molecule has 8 nitrogen and oxygen atoms in total. The number of amides is 3. The van der Waals surface area contributed by atoms with Crippen molar-refractivity contribution in [2.75, 3.05) is 26.9 Å². The highest BCUT2D eigenvalue weighted by Gasteiger charge is 2.34. The Bertz CT molecular complexity index is 1040. The second kappa shape index (κ2) is 10.0. The molecule has 2 aromatic rings. The maximum Gasteiger partial charge on any atom is 0.293 e. The summed E-state index contributed by atoms with van der Waals surface area (Å²) < 4.78 is 16.2. The van der Waals surface area contributed by atoms with Crippen LogP contribution in [0.15, 0.2) is 47.4 Å². The summed E-state index contributed by atoms with van der Waals surface area (Å²) in [5.74, 6) is 0.427. The average molecular weight is 442 g/mol. The Kier molecular flexibility index (Phi) is 7.19. The van der Waals surface area contributed by atoms with Crippen molar-refractivity contribution in [3.05, 3.63) is 58.5 Å². The van der Waals surface area contributed by atoms with E-state index in [1.165, 1.54) is 7.11 Å². The molecule has 0 bridgehead atoms. The van der Waals surface area contributed by atoms with Crippen molar-refractivity contribution in [1.82, 2.24) is 4.90 Å². The van der Waals surface area contributed by atoms with Gasteiger partial charge >= 0.3 is 0 Å². The highest BCUT2D eigenvalue weighted by atomic mass is 32.2. The zero-order valence-corrected chi connectivity index (χ0v) is 17.9. The number of carbonyl (C=O) groups excluding carboxylic acids is 3. The van der Waals surface area contributed by atoms with Gasteiger partial charge in [0.1, 0.15) is 12.4 Å². The van der Waals surface area contributed by atoms with E-state index in [2.05, 4.69) is 0 Å². The maximum absolute atomic E-state index is 12.7. The van der Waals surface area contributed by atoms with E-state index in [0.717, 1.165) is 22.2 Å². The van der Waals surface area contributed by atoms with Crippen molar-refractivity contribution < 1.29 is 28.6 Å². The number of methoxy groups -OCH3 is 1. The van der Waals surface area contributed by atoms with Crippen LogP contribution in [0.2, 0.25) is 0 Å². The molecule has 1 saturated heterocycles. The number of rotatable bonds is 9. The summed E-state index contributed by atoms with van der Waals surface area (Å²) in [4.78, 5) is 37.3. The van der Waals surface area contributed by atoms with Gasteiger partial charge in [-0.3, -0.25) is 19.3 Å². The zero-order valence-electron chi connectivity index (χ0n) is 17.1. The van der Waals surface area contributed by atoms with Crippen LogP contribution in [0, 0.1) is 6.92 Å². The lowest BCUT2D eigenvalue weighted by Crippen LogP contribution is -2.32. The maximum atomic E-state index is 12.7. The summed E-state index contributed by atoms with van der Waals surface area (Å²) in [6.45, 7) is 2.03. The van der Waals surface area contributed by atoms with E-state index >= 15 is 0 Å². The first-order valence-electron chi connectivity index (χ1n) is 9.41. The molecule has 1 fully saturated rings. The standard InChI is InChI=1S/C22H22N2O6S/c1-14-4-3-5-16(10-14)29-9-8-24-21(26)19(31-22(24)27)12-15-6-7-17(18(11-15)28-2)30-13-20(23)25/h3-7,10-12H,8-9,13H2,1-2H3,(H2,23,25)/b19-12-. The van der Waals surface area contributed by atoms with Gasteiger partial charge in [-0.05, 0) is 60.2 Å². The number of hydrogen-bond donors (Lipinski definition) is 1. The van der Waals surface area contributed by atoms with Crippen molar-refractivity contribution in [2.45, 2.75) is 6.92 Å². The first kappa shape index (κ1) is 22.2. The number of ether oxygens (including phenoxy) is 3. The van der Waals surface area contributed by atoms with Crippen LogP contribution < -0.4 is 19.9 Å². The number of carbonyl (C=O) groups is 3. The minimum Gasteiger partial charge on any atom is -0.493 e. The Morgan fingerprint density at radius 1 is 1.13 bits per heavy atom. The van der Waals surface area contributed by atoms with Gasteiger partial charge in [-0.1, -0.05) is 18.2 Å². The SMILES string of the molecule is COc1cc(/C=C2\SC(=O)N(CCOc3cccc(C)c3)C2=O)ccc1OCC(N)=O. The molecule has 0 unspecified atom stereocenters. The van der Waals surface area contributed by atoms with E-state index in [4.69, 9.17) is 19.9 Å². The molecule has 162 valence electrons. The van der Waals surface area contributed by atoms with Crippen LogP contribution in [0.4, 0.5) is 4.79 Å². The quantitative estimate of drug-likeness (QED) is 0.595. The summed E-state index contributed by atoms with van der Waals surface area (Å²) in [6.07, 6.45) is 1.60. The molecule has 1 aliphatic rings. The van der Waals surface area contributed by atoms with E-state index < -0.39 is 5.91 Å². The van der Waals surface area contributed by atoms with Crippen LogP contribution in [-0.2, 0) is 9.59 Å². The second-order valence-corrected chi connectivity index (χ2v) is 7.66. The summed E-state index contributed by atoms with van der Waals surface area (Å²) >= 11 is 0.867. The number of benzene rings is 2. The third-order valence-electron chi connectivity index (χ3n) is 4.30. The van der Waals surface area contributed by atoms with E-state index in [0.29, 0.717) is 27.7 Å². The molecule has 0 aromatic heterocycles. The minimum atomic E-state index is -0.605. The predicted molar refractivity (Wildman–Crippen MR) is 117 cm³/mol. The molecule has 2 N–H and O–H groups in total. The molecule has 9 heteroatoms. The fraction of sp³-hybridized carbons (Fsp3) is 0.227. The highest BCUT2D eigenvalue weighted by molar-refractivity contribution is 8.18. The molecular formula is C22H22N2O6S. The molecule has 1 aliphatic heterocycles. The summed E-state index contributed by atoms with van der Waals surface area (Å²) in [5.41, 5.74) is 6.79. The molecule has 3 rings (SSSR count). The second-order valence-electron chi connectivity index (χ2n) is 6.66. The van der Waals surface area contributed by atoms with Gasteiger partial charge in [0, 0.05) is 0 Å². The van der Waals surface area contributed by atoms with Crippen LogP contribution in [0.25, 0.3) is 6.08 Å². The molecule has 31 heavy (non-hydrogen) atoms. The fourth-order valence-electron chi connectivity index (χ4n) is 2.85. The third-order valence-corrected chi connectivity index (χ3v) is 5.21. The van der Waals surface area contributed by atoms with Gasteiger partial charge < -0.3 is 19.9 Å². The normalized spacial score (nSPS) is 14.8. The molecule has 1 heterocycles. The van der Waals surface area contributed by atoms with Crippen LogP contribution in [0.1, 0.15) is 11.1 Å². The first-order valence-corrected chi connectivity index (χ1v) is 10.2. The van der Waals surface area contributed by atoms with Crippen LogP contribution >= 0.6 is 11.8 Å². The Hall–Kier alpha value is -3.46. The van der Waals surface area contributed by atoms with E-state index in [1.54, 1.807) is 24.3 Å². The highest BCUT2D eigenvalue weighted by Crippen LogP contribution is 2.34. The van der Waals surface area contributed by atoms with Gasteiger partial charge in [0.2, 0.25) is 0 Å². The topological polar surface area (TPSA) is 108 Å². The van der Waals surface area contributed by atoms with Crippen molar-refractivity contribution in [3.8, 4) is 17.2 Å². The molecule has 0 atom stereocenters. The summed E-state index contributed by atoms with van der Waals surface area (Å²) in [5, 5.41) is -0.350. The lowest BCUT2D eigenvalue weighted by atomic mass is 10.2. The first-order chi connectivity index (χ1) is 14.9. The number of aryl methyl sites for hydroxylation is 1. The van der Waals surface area contributed by atoms with Gasteiger partial charge in [-0.15, -0.1) is 0 Å². The number of nitrogens with zero attached hydrogens (tertiary/aromatic N) is 1. The lowest BCUT2D eigenvalue weighted by molar-refractivity contribution is -0.123. The average Bonchev–Trinajstić information content (AvgIpc) is 3.00. The number of hydrogen-bond acceptors (Lipinski definition) is 7. The number of thioether (sulfide) groups is 1. The number of primary amides is 1. The Morgan fingerprint density at radius 3 is 2.65 bits per heavy atom. The molecular weight excluding hydrogens is 420 g/mol. The fourth-order valence-corrected chi connectivity index (χ4v) is 3.71. The van der Waals surface area contributed by atoms with Gasteiger partial charge in [0.25, 0.3) is 17.1 Å². The zero-order chi connectivity index (χ0) is 22.4. The van der Waals surface area contributed by atoms with Crippen molar-refractivity contribution >= 4 is 34.9 Å². The Morgan fingerprint density at radius 2 is 1.94 bits per heavy atom. The molecule has 2 aromatic carbocycles. The molecule has 0 saturated carbocycles. The van der Waals surface area contributed by atoms with Crippen molar-refractivity contribution in [2.24, 2.45) is 5.73 Å². The van der Waals surface area contributed by atoms with Crippen LogP contribution in [0.3, 0.4) is 0 Å². The largest absolute Gasteiger partial charge is 0.493 e. The summed E-state index contributed by atoms with van der Waals surface area (Å²) in [7, 11) is 1.46. The molecule has 3 amide bonds. The lowest BCUT2D eigenvalue weighted by Gasteiger charge is -2.13. The van der Waals surface area contributed by atoms with Gasteiger partial charge in [-0.25, -0.2) is 0 Å². The predicted octanol–water partition coefficient (Wildman–Crippen LogP) is 2.98. The number of imide groups is 1. The molecule has 0 spiro atoms. The Labute approximate surface area is 183 Å². The van der Waals surface area contributed by atoms with Crippen molar-refractivity contribution in [3.63, 3.8) is 0 Å².